The largest absolute Gasteiger partial charge is 0.215 e. The van der Waals surface area contributed by atoms with E-state index in [0.717, 1.165) is 11.7 Å². The molecule has 0 heterocycles. The predicted octanol–water partition coefficient (Wildman–Crippen LogP) is 1.85. The van der Waals surface area contributed by atoms with Gasteiger partial charge in [0.1, 0.15) is 0 Å². The van der Waals surface area contributed by atoms with Crippen LogP contribution in [0.1, 0.15) is 32.1 Å². The van der Waals surface area contributed by atoms with Crippen LogP contribution >= 0.6 is 11.8 Å². The molecule has 0 unspecified atom stereocenters. The fraction of sp³-hybridized carbons (Fsp3) is 1.00. The van der Waals surface area contributed by atoms with Crippen LogP contribution in [-0.2, 0) is 10.0 Å². The van der Waals surface area contributed by atoms with Gasteiger partial charge >= 0.3 is 0 Å². The van der Waals surface area contributed by atoms with E-state index >= 15 is 0 Å². The fourth-order valence-electron chi connectivity index (χ4n) is 1.90. The fourth-order valence-corrected chi connectivity index (χ4v) is 3.58. The highest BCUT2D eigenvalue weighted by Gasteiger charge is 2.12. The van der Waals surface area contributed by atoms with Gasteiger partial charge in [-0.2, -0.15) is 11.8 Å². The minimum absolute atomic E-state index is 0.566. The molecule has 0 aromatic rings. The zero-order valence-corrected chi connectivity index (χ0v) is 11.0. The summed E-state index contributed by atoms with van der Waals surface area (Å²) < 4.78 is 24.1. The molecule has 0 aromatic heterocycles. The SMILES string of the molecule is CS(=O)(=O)NCCSCC1CCCCC1. The molecule has 15 heavy (non-hydrogen) atoms. The Morgan fingerprint density at radius 3 is 2.53 bits per heavy atom. The van der Waals surface area contributed by atoms with Crippen LogP contribution in [0.4, 0.5) is 0 Å². The van der Waals surface area contributed by atoms with Crippen LogP contribution in [0, 0.1) is 5.92 Å². The third-order valence-corrected chi connectivity index (χ3v) is 4.62. The standard InChI is InChI=1S/C10H21NO2S2/c1-15(12,13)11-7-8-14-9-10-5-3-2-4-6-10/h10-11H,2-9H2,1H3. The summed E-state index contributed by atoms with van der Waals surface area (Å²) in [7, 11) is -2.99. The predicted molar refractivity (Wildman–Crippen MR) is 66.7 cm³/mol. The third-order valence-electron chi connectivity index (χ3n) is 2.69. The Balaban J connectivity index is 1.96. The van der Waals surface area contributed by atoms with E-state index in [4.69, 9.17) is 0 Å². The van der Waals surface area contributed by atoms with Crippen molar-refractivity contribution in [3.63, 3.8) is 0 Å². The number of sulfonamides is 1. The maximum atomic E-state index is 10.8. The molecule has 1 N–H and O–H groups in total. The molecule has 0 amide bonds. The number of hydrogen-bond donors (Lipinski definition) is 1. The van der Waals surface area contributed by atoms with E-state index in [1.165, 1.54) is 44.1 Å². The van der Waals surface area contributed by atoms with E-state index in [2.05, 4.69) is 4.72 Å². The molecule has 1 aliphatic rings. The van der Waals surface area contributed by atoms with E-state index in [0.29, 0.717) is 6.54 Å². The Hall–Kier alpha value is 0.260. The monoisotopic (exact) mass is 251 g/mol. The Bertz CT molecular complexity index is 259. The van der Waals surface area contributed by atoms with E-state index in [-0.39, 0.29) is 0 Å². The molecule has 0 atom stereocenters. The van der Waals surface area contributed by atoms with Crippen LogP contribution in [0.3, 0.4) is 0 Å². The summed E-state index contributed by atoms with van der Waals surface area (Å²) in [5, 5.41) is 0. The third kappa shape index (κ3) is 7.19. The highest BCUT2D eigenvalue weighted by molar-refractivity contribution is 7.99. The van der Waals surface area contributed by atoms with Gasteiger partial charge in [0.15, 0.2) is 0 Å². The molecule has 90 valence electrons. The molecule has 1 saturated carbocycles. The van der Waals surface area contributed by atoms with Crippen LogP contribution < -0.4 is 4.72 Å². The molecular weight excluding hydrogens is 230 g/mol. The highest BCUT2D eigenvalue weighted by Crippen LogP contribution is 2.26. The Morgan fingerprint density at radius 2 is 1.93 bits per heavy atom. The molecule has 5 heteroatoms. The van der Waals surface area contributed by atoms with Gasteiger partial charge in [-0.05, 0) is 24.5 Å². The highest BCUT2D eigenvalue weighted by atomic mass is 32.2. The van der Waals surface area contributed by atoms with Gasteiger partial charge in [-0.15, -0.1) is 0 Å². The smallest absolute Gasteiger partial charge is 0.208 e. The lowest BCUT2D eigenvalue weighted by atomic mass is 9.91. The van der Waals surface area contributed by atoms with E-state index in [1.807, 2.05) is 11.8 Å². The molecule has 1 fully saturated rings. The van der Waals surface area contributed by atoms with Gasteiger partial charge in [0.2, 0.25) is 10.0 Å². The van der Waals surface area contributed by atoms with Crippen molar-refractivity contribution in [2.45, 2.75) is 32.1 Å². The summed E-state index contributed by atoms with van der Waals surface area (Å²) in [6, 6.07) is 0. The zero-order valence-electron chi connectivity index (χ0n) is 9.37. The summed E-state index contributed by atoms with van der Waals surface area (Å²) in [5.74, 6) is 2.97. The molecule has 0 aromatic carbocycles. The summed E-state index contributed by atoms with van der Waals surface area (Å²) >= 11 is 1.87. The topological polar surface area (TPSA) is 46.2 Å². The van der Waals surface area contributed by atoms with Crippen molar-refractivity contribution < 1.29 is 8.42 Å². The van der Waals surface area contributed by atoms with Crippen molar-refractivity contribution in [3.05, 3.63) is 0 Å². The van der Waals surface area contributed by atoms with Gasteiger partial charge in [0.05, 0.1) is 6.26 Å². The molecule has 0 bridgehead atoms. The van der Waals surface area contributed by atoms with Gasteiger partial charge in [0, 0.05) is 12.3 Å². The first-order chi connectivity index (χ1) is 7.08. The lowest BCUT2D eigenvalue weighted by molar-refractivity contribution is 0.391. The second kappa shape index (κ2) is 6.76. The molecule has 0 radical (unpaired) electrons. The molecule has 1 rings (SSSR count). The van der Waals surface area contributed by atoms with Crippen molar-refractivity contribution in [2.24, 2.45) is 5.92 Å². The van der Waals surface area contributed by atoms with Crippen molar-refractivity contribution in [3.8, 4) is 0 Å². The van der Waals surface area contributed by atoms with Crippen molar-refractivity contribution in [1.82, 2.24) is 4.72 Å². The molecule has 0 aliphatic heterocycles. The maximum absolute atomic E-state index is 10.8. The lowest BCUT2D eigenvalue weighted by Gasteiger charge is -2.20. The summed E-state index contributed by atoms with van der Waals surface area (Å²) in [5.41, 5.74) is 0. The molecular formula is C10H21NO2S2. The quantitative estimate of drug-likeness (QED) is 0.733. The van der Waals surface area contributed by atoms with Gasteiger partial charge in [-0.25, -0.2) is 13.1 Å². The van der Waals surface area contributed by atoms with E-state index < -0.39 is 10.0 Å². The number of thioether (sulfide) groups is 1. The second-order valence-electron chi connectivity index (χ2n) is 4.25. The van der Waals surface area contributed by atoms with Crippen molar-refractivity contribution in [1.29, 1.82) is 0 Å². The number of hydrogen-bond acceptors (Lipinski definition) is 3. The number of rotatable bonds is 6. The second-order valence-corrected chi connectivity index (χ2v) is 7.23. The summed E-state index contributed by atoms with van der Waals surface area (Å²) in [6.45, 7) is 0.566. The molecule has 0 saturated heterocycles. The first-order valence-electron chi connectivity index (χ1n) is 5.60. The van der Waals surface area contributed by atoms with Gasteiger partial charge in [0.25, 0.3) is 0 Å². The summed E-state index contributed by atoms with van der Waals surface area (Å²) in [4.78, 5) is 0. The van der Waals surface area contributed by atoms with Crippen molar-refractivity contribution >= 4 is 21.8 Å². The number of nitrogens with one attached hydrogen (secondary N) is 1. The van der Waals surface area contributed by atoms with Gasteiger partial charge in [-0.1, -0.05) is 19.3 Å². The molecule has 1 aliphatic carbocycles. The normalized spacial score (nSPS) is 19.3. The first kappa shape index (κ1) is 13.3. The van der Waals surface area contributed by atoms with Crippen LogP contribution in [0.2, 0.25) is 0 Å². The van der Waals surface area contributed by atoms with Crippen LogP contribution in [0.25, 0.3) is 0 Å². The minimum atomic E-state index is -2.99. The molecule has 3 nitrogen and oxygen atoms in total. The van der Waals surface area contributed by atoms with E-state index in [9.17, 15) is 8.42 Å². The van der Waals surface area contributed by atoms with Crippen LogP contribution in [0.15, 0.2) is 0 Å². The average molecular weight is 251 g/mol. The van der Waals surface area contributed by atoms with Gasteiger partial charge < -0.3 is 0 Å². The lowest BCUT2D eigenvalue weighted by Crippen LogP contribution is -2.24. The first-order valence-corrected chi connectivity index (χ1v) is 8.65. The van der Waals surface area contributed by atoms with E-state index in [1.54, 1.807) is 0 Å². The molecule has 0 spiro atoms. The Labute approximate surface area is 97.5 Å². The Morgan fingerprint density at radius 1 is 1.27 bits per heavy atom. The summed E-state index contributed by atoms with van der Waals surface area (Å²) in [6.07, 6.45) is 8.11. The zero-order chi connectivity index (χ0) is 11.1. The van der Waals surface area contributed by atoms with Crippen LogP contribution in [0.5, 0.6) is 0 Å². The Kier molecular flexibility index (Phi) is 6.00. The van der Waals surface area contributed by atoms with Crippen LogP contribution in [-0.4, -0.2) is 32.7 Å². The van der Waals surface area contributed by atoms with Gasteiger partial charge in [-0.3, -0.25) is 0 Å². The average Bonchev–Trinajstić information content (AvgIpc) is 2.17. The maximum Gasteiger partial charge on any atom is 0.208 e. The minimum Gasteiger partial charge on any atom is -0.215 e. The van der Waals surface area contributed by atoms with Crippen molar-refractivity contribution in [2.75, 3.05) is 24.3 Å².